The number of halogens is 1. The summed E-state index contributed by atoms with van der Waals surface area (Å²) in [5.41, 5.74) is 2.71. The molecule has 0 saturated heterocycles. The fourth-order valence-electron chi connectivity index (χ4n) is 3.50. The molecule has 0 bridgehead atoms. The lowest BCUT2D eigenvalue weighted by Crippen LogP contribution is -2.23. The van der Waals surface area contributed by atoms with E-state index in [2.05, 4.69) is 11.4 Å². The van der Waals surface area contributed by atoms with Crippen LogP contribution in [0.1, 0.15) is 23.5 Å². The largest absolute Gasteiger partial charge is 0.503 e. The van der Waals surface area contributed by atoms with Crippen LogP contribution in [0.25, 0.3) is 10.8 Å². The van der Waals surface area contributed by atoms with Crippen LogP contribution in [0.4, 0.5) is 5.69 Å². The number of rotatable bonds is 2. The number of hydrogen-bond donors (Lipinski definition) is 2. The topological polar surface area (TPSA) is 58.6 Å². The average Bonchev–Trinajstić information content (AvgIpc) is 2.62. The van der Waals surface area contributed by atoms with Crippen molar-refractivity contribution in [3.8, 4) is 11.5 Å². The zero-order valence-corrected chi connectivity index (χ0v) is 14.3. The molecule has 4 rings (SSSR count). The molecule has 2 N–H and O–H groups in total. The lowest BCUT2D eigenvalue weighted by Gasteiger charge is -2.28. The minimum Gasteiger partial charge on any atom is -0.503 e. The molecular weight excluding hydrogens is 338 g/mol. The maximum absolute atomic E-state index is 12.2. The SMILES string of the molecule is COc1cc([C@H]2CC(=O)Nc3ccc4ccccc4c32)cc(Cl)c1O. The van der Waals surface area contributed by atoms with Crippen molar-refractivity contribution in [1.82, 2.24) is 0 Å². The van der Waals surface area contributed by atoms with Crippen LogP contribution in [-0.4, -0.2) is 18.1 Å². The van der Waals surface area contributed by atoms with E-state index in [9.17, 15) is 9.90 Å². The van der Waals surface area contributed by atoms with Crippen LogP contribution in [0.2, 0.25) is 5.02 Å². The van der Waals surface area contributed by atoms with Crippen molar-refractivity contribution >= 4 is 34.0 Å². The van der Waals surface area contributed by atoms with Crippen LogP contribution in [-0.2, 0) is 4.79 Å². The van der Waals surface area contributed by atoms with E-state index in [0.717, 1.165) is 27.6 Å². The Morgan fingerprint density at radius 2 is 2.00 bits per heavy atom. The number of phenols is 1. The molecular formula is C20H16ClNO3. The maximum atomic E-state index is 12.2. The van der Waals surface area contributed by atoms with Gasteiger partial charge < -0.3 is 15.2 Å². The summed E-state index contributed by atoms with van der Waals surface area (Å²) in [6.07, 6.45) is 0.311. The highest BCUT2D eigenvalue weighted by Gasteiger charge is 2.29. The van der Waals surface area contributed by atoms with E-state index < -0.39 is 0 Å². The van der Waals surface area contributed by atoms with E-state index in [1.807, 2.05) is 30.3 Å². The number of fused-ring (bicyclic) bond motifs is 3. The van der Waals surface area contributed by atoms with Gasteiger partial charge in [-0.05, 0) is 40.1 Å². The van der Waals surface area contributed by atoms with E-state index in [-0.39, 0.29) is 22.6 Å². The van der Waals surface area contributed by atoms with Gasteiger partial charge in [0, 0.05) is 18.0 Å². The number of methoxy groups -OCH3 is 1. The van der Waals surface area contributed by atoms with E-state index in [1.54, 1.807) is 12.1 Å². The maximum Gasteiger partial charge on any atom is 0.225 e. The van der Waals surface area contributed by atoms with Crippen LogP contribution in [0, 0.1) is 0 Å². The quantitative estimate of drug-likeness (QED) is 0.703. The van der Waals surface area contributed by atoms with E-state index in [1.165, 1.54) is 7.11 Å². The minimum atomic E-state index is -0.165. The van der Waals surface area contributed by atoms with Crippen molar-refractivity contribution in [1.29, 1.82) is 0 Å². The minimum absolute atomic E-state index is 0.0454. The van der Waals surface area contributed by atoms with Crippen LogP contribution < -0.4 is 10.1 Å². The Labute approximate surface area is 150 Å². The molecule has 0 spiro atoms. The van der Waals surface area contributed by atoms with Gasteiger partial charge >= 0.3 is 0 Å². The molecule has 1 heterocycles. The summed E-state index contributed by atoms with van der Waals surface area (Å²) in [6.45, 7) is 0. The van der Waals surface area contributed by atoms with Gasteiger partial charge in [-0.1, -0.05) is 41.9 Å². The molecule has 126 valence electrons. The third-order valence-electron chi connectivity index (χ3n) is 4.66. The molecule has 4 nitrogen and oxygen atoms in total. The standard InChI is InChI=1S/C20H16ClNO3/c1-25-17-9-12(8-15(21)20(17)24)14-10-18(23)22-16-7-6-11-4-2-3-5-13(11)19(14)16/h2-9,14,24H,10H2,1H3,(H,22,23)/t14-/m1/s1. The molecule has 0 aliphatic carbocycles. The number of amides is 1. The van der Waals surface area contributed by atoms with Crippen LogP contribution in [0.15, 0.2) is 48.5 Å². The molecule has 5 heteroatoms. The summed E-state index contributed by atoms with van der Waals surface area (Å²) >= 11 is 6.17. The Morgan fingerprint density at radius 1 is 1.20 bits per heavy atom. The van der Waals surface area contributed by atoms with Gasteiger partial charge in [-0.15, -0.1) is 0 Å². The van der Waals surface area contributed by atoms with Gasteiger partial charge in [-0.2, -0.15) is 0 Å². The first-order valence-electron chi connectivity index (χ1n) is 7.96. The summed E-state index contributed by atoms with van der Waals surface area (Å²) in [6, 6.07) is 15.5. The third-order valence-corrected chi connectivity index (χ3v) is 4.94. The van der Waals surface area contributed by atoms with Crippen LogP contribution in [0.5, 0.6) is 11.5 Å². The van der Waals surface area contributed by atoms with Gasteiger partial charge in [0.2, 0.25) is 5.91 Å². The summed E-state index contributed by atoms with van der Waals surface area (Å²) in [5.74, 6) is -0.000570. The van der Waals surface area contributed by atoms with Crippen molar-refractivity contribution in [3.05, 3.63) is 64.7 Å². The summed E-state index contributed by atoms with van der Waals surface area (Å²) < 4.78 is 5.22. The second kappa shape index (κ2) is 5.97. The number of nitrogens with one attached hydrogen (secondary N) is 1. The predicted octanol–water partition coefficient (Wildman–Crippen LogP) is 4.68. The highest BCUT2D eigenvalue weighted by Crippen LogP contribution is 2.45. The fraction of sp³-hybridized carbons (Fsp3) is 0.150. The number of aromatic hydroxyl groups is 1. The number of phenolic OH excluding ortho intramolecular Hbond substituents is 1. The molecule has 1 amide bonds. The molecule has 1 atom stereocenters. The van der Waals surface area contributed by atoms with Gasteiger partial charge in [0.1, 0.15) is 0 Å². The Bertz CT molecular complexity index is 1000. The first-order chi connectivity index (χ1) is 12.1. The number of benzene rings is 3. The van der Waals surface area contributed by atoms with Gasteiger partial charge in [0.05, 0.1) is 12.1 Å². The molecule has 0 radical (unpaired) electrons. The average molecular weight is 354 g/mol. The Hall–Kier alpha value is -2.72. The molecule has 3 aromatic carbocycles. The van der Waals surface area contributed by atoms with E-state index in [4.69, 9.17) is 16.3 Å². The molecule has 0 saturated carbocycles. The first kappa shape index (κ1) is 15.8. The number of ether oxygens (including phenoxy) is 1. The van der Waals surface area contributed by atoms with Crippen LogP contribution >= 0.6 is 11.6 Å². The number of anilines is 1. The normalized spacial score (nSPS) is 16.4. The lowest BCUT2D eigenvalue weighted by molar-refractivity contribution is -0.116. The van der Waals surface area contributed by atoms with Crippen molar-refractivity contribution in [2.45, 2.75) is 12.3 Å². The molecule has 0 aromatic heterocycles. The highest BCUT2D eigenvalue weighted by molar-refractivity contribution is 6.32. The van der Waals surface area contributed by atoms with Crippen molar-refractivity contribution in [2.24, 2.45) is 0 Å². The molecule has 0 unspecified atom stereocenters. The van der Waals surface area contributed by atoms with Crippen LogP contribution in [0.3, 0.4) is 0 Å². The van der Waals surface area contributed by atoms with Gasteiger partial charge in [0.15, 0.2) is 11.5 Å². The highest BCUT2D eigenvalue weighted by atomic mass is 35.5. The molecule has 1 aliphatic rings. The molecule has 3 aromatic rings. The first-order valence-corrected chi connectivity index (χ1v) is 8.34. The van der Waals surface area contributed by atoms with Crippen molar-refractivity contribution < 1.29 is 14.6 Å². The number of carbonyl (C=O) groups is 1. The Balaban J connectivity index is 1.97. The lowest BCUT2D eigenvalue weighted by atomic mass is 9.82. The van der Waals surface area contributed by atoms with Gasteiger partial charge in [-0.3, -0.25) is 4.79 Å². The number of carbonyl (C=O) groups excluding carboxylic acids is 1. The fourth-order valence-corrected chi connectivity index (χ4v) is 3.72. The van der Waals surface area contributed by atoms with Crippen molar-refractivity contribution in [3.63, 3.8) is 0 Å². The summed E-state index contributed by atoms with van der Waals surface area (Å²) in [7, 11) is 1.48. The zero-order chi connectivity index (χ0) is 17.6. The van der Waals surface area contributed by atoms with Gasteiger partial charge in [-0.25, -0.2) is 0 Å². The van der Waals surface area contributed by atoms with E-state index >= 15 is 0 Å². The monoisotopic (exact) mass is 353 g/mol. The smallest absolute Gasteiger partial charge is 0.225 e. The Kier molecular flexibility index (Phi) is 3.77. The summed E-state index contributed by atoms with van der Waals surface area (Å²) in [5, 5.41) is 15.4. The molecule has 25 heavy (non-hydrogen) atoms. The second-order valence-electron chi connectivity index (χ2n) is 6.11. The number of hydrogen-bond acceptors (Lipinski definition) is 3. The van der Waals surface area contributed by atoms with E-state index in [0.29, 0.717) is 12.2 Å². The van der Waals surface area contributed by atoms with Crippen molar-refractivity contribution in [2.75, 3.05) is 12.4 Å². The zero-order valence-electron chi connectivity index (χ0n) is 13.5. The molecule has 0 fully saturated rings. The Morgan fingerprint density at radius 3 is 2.80 bits per heavy atom. The third kappa shape index (κ3) is 2.59. The second-order valence-corrected chi connectivity index (χ2v) is 6.51. The van der Waals surface area contributed by atoms with Gasteiger partial charge in [0.25, 0.3) is 0 Å². The summed E-state index contributed by atoms with van der Waals surface area (Å²) in [4.78, 5) is 12.2. The predicted molar refractivity (Wildman–Crippen MR) is 98.7 cm³/mol. The molecule has 1 aliphatic heterocycles.